The first kappa shape index (κ1) is 30.5. The number of thioether (sulfide) groups is 1. The highest BCUT2D eigenvalue weighted by atomic mass is 32.2. The molecule has 0 saturated heterocycles. The van der Waals surface area contributed by atoms with Crippen LogP contribution in [0, 0.1) is 23.5 Å². The van der Waals surface area contributed by atoms with Crippen LogP contribution in [0.3, 0.4) is 0 Å². The Morgan fingerprint density at radius 1 is 1.16 bits per heavy atom. The van der Waals surface area contributed by atoms with Crippen molar-refractivity contribution in [3.63, 3.8) is 0 Å². The highest BCUT2D eigenvalue weighted by Gasteiger charge is 2.25. The van der Waals surface area contributed by atoms with Gasteiger partial charge in [0.2, 0.25) is 0 Å². The van der Waals surface area contributed by atoms with Gasteiger partial charge in [0.25, 0.3) is 0 Å². The second-order valence-corrected chi connectivity index (χ2v) is 13.1. The highest BCUT2D eigenvalue weighted by Crippen LogP contribution is 2.33. The average Bonchev–Trinajstić information content (AvgIpc) is 3.20. The number of ketones is 2. The van der Waals surface area contributed by atoms with Crippen LogP contribution in [0.5, 0.6) is 0 Å². The van der Waals surface area contributed by atoms with Crippen molar-refractivity contribution < 1.29 is 23.5 Å². The molecule has 3 nitrogen and oxygen atoms in total. The van der Waals surface area contributed by atoms with Gasteiger partial charge in [-0.25, -0.2) is 8.78 Å². The Morgan fingerprint density at radius 2 is 1.92 bits per heavy atom. The van der Waals surface area contributed by atoms with E-state index in [1.54, 1.807) is 13.0 Å². The van der Waals surface area contributed by atoms with Gasteiger partial charge in [0.15, 0.2) is 17.4 Å². The van der Waals surface area contributed by atoms with Gasteiger partial charge in [-0.3, -0.25) is 9.59 Å². The average molecular weight is 577 g/mol. The van der Waals surface area contributed by atoms with Crippen molar-refractivity contribution in [3.05, 3.63) is 63.2 Å². The number of aliphatic hydroxyl groups excluding tert-OH is 1. The van der Waals surface area contributed by atoms with Crippen molar-refractivity contribution in [2.24, 2.45) is 11.8 Å². The first-order valence-electron chi connectivity index (χ1n) is 12.9. The lowest BCUT2D eigenvalue weighted by molar-refractivity contribution is -0.123. The molecule has 1 heterocycles. The molecule has 1 saturated carbocycles. The SMILES string of the molecule is C=C(CCC(=O)C1CCCC(CC(C)O)CC1)C(=O)/C(=C/c1cc(-c2ccc(F)c(F)c2)cs1)SC(C)=S. The maximum absolute atomic E-state index is 13.7. The number of thiocarbonyl (C=S) groups is 1. The number of allylic oxidation sites excluding steroid dienone is 2. The van der Waals surface area contributed by atoms with Crippen molar-refractivity contribution in [2.75, 3.05) is 0 Å². The number of Topliss-reactive ketones (excluding diaryl/α,β-unsaturated/α-hetero) is 2. The van der Waals surface area contributed by atoms with Crippen LogP contribution in [0.15, 0.2) is 46.7 Å². The third-order valence-electron chi connectivity index (χ3n) is 6.84. The molecule has 3 unspecified atom stereocenters. The lowest BCUT2D eigenvalue weighted by atomic mass is 9.90. The molecule has 204 valence electrons. The smallest absolute Gasteiger partial charge is 0.195 e. The molecule has 2 aromatic rings. The number of aliphatic hydroxyl groups is 1. The monoisotopic (exact) mass is 576 g/mol. The molecule has 1 aliphatic rings. The van der Waals surface area contributed by atoms with Crippen molar-refractivity contribution in [1.29, 1.82) is 0 Å². The first-order chi connectivity index (χ1) is 18.0. The normalized spacial score (nSPS) is 19.0. The zero-order chi connectivity index (χ0) is 27.8. The van der Waals surface area contributed by atoms with Gasteiger partial charge in [0.1, 0.15) is 5.78 Å². The summed E-state index contributed by atoms with van der Waals surface area (Å²) in [4.78, 5) is 27.4. The van der Waals surface area contributed by atoms with E-state index in [1.807, 2.05) is 18.4 Å². The number of carbonyl (C=O) groups is 2. The predicted octanol–water partition coefficient (Wildman–Crippen LogP) is 8.56. The molecule has 0 radical (unpaired) electrons. The molecule has 1 aromatic heterocycles. The quantitative estimate of drug-likeness (QED) is 0.165. The van der Waals surface area contributed by atoms with Gasteiger partial charge in [-0.1, -0.05) is 49.5 Å². The third-order valence-corrected chi connectivity index (χ3v) is 8.78. The molecule has 8 heteroatoms. The summed E-state index contributed by atoms with van der Waals surface area (Å²) in [7, 11) is 0. The minimum atomic E-state index is -0.914. The molecule has 1 aromatic carbocycles. The van der Waals surface area contributed by atoms with E-state index in [0.717, 1.165) is 61.1 Å². The number of carbonyl (C=O) groups excluding carboxylic acids is 2. The summed E-state index contributed by atoms with van der Waals surface area (Å²) < 4.78 is 27.5. The molecular formula is C30H34F2O3S3. The van der Waals surface area contributed by atoms with Gasteiger partial charge in [-0.2, -0.15) is 0 Å². The molecule has 1 fully saturated rings. The summed E-state index contributed by atoms with van der Waals surface area (Å²) in [5, 5.41) is 11.5. The van der Waals surface area contributed by atoms with Gasteiger partial charge < -0.3 is 5.11 Å². The topological polar surface area (TPSA) is 54.4 Å². The Labute approximate surface area is 237 Å². The van der Waals surface area contributed by atoms with E-state index < -0.39 is 11.6 Å². The van der Waals surface area contributed by atoms with Crippen LogP contribution in [0.1, 0.15) is 70.1 Å². The highest BCUT2D eigenvalue weighted by molar-refractivity contribution is 8.26. The van der Waals surface area contributed by atoms with E-state index in [9.17, 15) is 23.5 Å². The summed E-state index contributed by atoms with van der Waals surface area (Å²) in [5.41, 5.74) is 1.64. The molecule has 0 spiro atoms. The lowest BCUT2D eigenvalue weighted by Gasteiger charge is -2.16. The molecule has 38 heavy (non-hydrogen) atoms. The minimum Gasteiger partial charge on any atom is -0.393 e. The van der Waals surface area contributed by atoms with Gasteiger partial charge in [0.05, 0.1) is 11.0 Å². The van der Waals surface area contributed by atoms with E-state index in [-0.39, 0.29) is 30.0 Å². The number of thiophene rings is 1. The number of hydrogen-bond acceptors (Lipinski definition) is 6. The molecule has 1 N–H and O–H groups in total. The van der Waals surface area contributed by atoms with Crippen molar-refractivity contribution in [2.45, 2.75) is 71.3 Å². The van der Waals surface area contributed by atoms with Crippen LogP contribution in [0.4, 0.5) is 8.78 Å². The zero-order valence-electron chi connectivity index (χ0n) is 21.8. The maximum Gasteiger partial charge on any atom is 0.195 e. The Balaban J connectivity index is 1.64. The third kappa shape index (κ3) is 9.04. The molecule has 3 rings (SSSR count). The Kier molecular flexibility index (Phi) is 11.6. The van der Waals surface area contributed by atoms with Gasteiger partial charge >= 0.3 is 0 Å². The number of benzene rings is 1. The van der Waals surface area contributed by atoms with E-state index in [0.29, 0.717) is 32.6 Å². The zero-order valence-corrected chi connectivity index (χ0v) is 24.3. The Bertz CT molecular complexity index is 1220. The van der Waals surface area contributed by atoms with Crippen molar-refractivity contribution in [1.82, 2.24) is 0 Å². The number of hydrogen-bond donors (Lipinski definition) is 1. The minimum absolute atomic E-state index is 0.00495. The van der Waals surface area contributed by atoms with Crippen LogP contribution in [0.2, 0.25) is 0 Å². The molecule has 3 atom stereocenters. The maximum atomic E-state index is 13.7. The van der Waals surface area contributed by atoms with Crippen LogP contribution >= 0.6 is 35.3 Å². The van der Waals surface area contributed by atoms with Crippen LogP contribution < -0.4 is 0 Å². The molecule has 0 amide bonds. The summed E-state index contributed by atoms with van der Waals surface area (Å²) >= 11 is 7.80. The van der Waals surface area contributed by atoms with Crippen LogP contribution in [0.25, 0.3) is 17.2 Å². The van der Waals surface area contributed by atoms with Crippen LogP contribution in [-0.2, 0) is 9.59 Å². The fourth-order valence-corrected chi connectivity index (χ4v) is 6.79. The second-order valence-electron chi connectivity index (χ2n) is 10.0. The van der Waals surface area contributed by atoms with E-state index in [4.69, 9.17) is 12.2 Å². The lowest BCUT2D eigenvalue weighted by Crippen LogP contribution is -2.15. The van der Waals surface area contributed by atoms with E-state index in [1.165, 1.54) is 29.2 Å². The van der Waals surface area contributed by atoms with Crippen molar-refractivity contribution >= 4 is 57.2 Å². The predicted molar refractivity (Wildman–Crippen MR) is 158 cm³/mol. The molecular weight excluding hydrogens is 543 g/mol. The first-order valence-corrected chi connectivity index (χ1v) is 15.0. The molecule has 0 aliphatic heterocycles. The summed E-state index contributed by atoms with van der Waals surface area (Å²) in [6.07, 6.45) is 7.45. The fourth-order valence-electron chi connectivity index (χ4n) is 4.87. The van der Waals surface area contributed by atoms with Crippen LogP contribution in [-0.4, -0.2) is 27.0 Å². The summed E-state index contributed by atoms with van der Waals surface area (Å²) in [5.74, 6) is -1.41. The standard InChI is InChI=1S/C30H34F2O3S3/c1-18(7-12-28(34)22-6-4-5-21(8-9-22)13-19(2)33)30(35)29(38-20(3)36)16-25-14-24(17-37-25)23-10-11-26(31)27(32)15-23/h10-11,14-17,19,21-22,33H,1,4-9,12-13H2,2-3H3/b29-16-. The second kappa shape index (κ2) is 14.4. The Hall–Kier alpha value is -2.00. The van der Waals surface area contributed by atoms with E-state index in [2.05, 4.69) is 6.58 Å². The van der Waals surface area contributed by atoms with Gasteiger partial charge in [-0.15, -0.1) is 11.3 Å². The largest absolute Gasteiger partial charge is 0.393 e. The van der Waals surface area contributed by atoms with Crippen molar-refractivity contribution in [3.8, 4) is 11.1 Å². The molecule has 0 bridgehead atoms. The van der Waals surface area contributed by atoms with E-state index >= 15 is 0 Å². The Morgan fingerprint density at radius 3 is 2.61 bits per heavy atom. The van der Waals surface area contributed by atoms with Gasteiger partial charge in [0, 0.05) is 21.4 Å². The van der Waals surface area contributed by atoms with Gasteiger partial charge in [-0.05, 0) is 98.2 Å². The number of halogens is 2. The number of rotatable bonds is 11. The summed E-state index contributed by atoms with van der Waals surface area (Å²) in [6, 6.07) is 5.56. The fraction of sp³-hybridized carbons (Fsp3) is 0.433. The molecule has 1 aliphatic carbocycles. The summed E-state index contributed by atoms with van der Waals surface area (Å²) in [6.45, 7) is 7.53.